The summed E-state index contributed by atoms with van der Waals surface area (Å²) in [6.07, 6.45) is 0.649. The Balaban J connectivity index is 1.46. The first kappa shape index (κ1) is 24.3. The Bertz CT molecular complexity index is 1320. The van der Waals surface area contributed by atoms with Crippen LogP contribution in [0.2, 0.25) is 0 Å². The highest BCUT2D eigenvalue weighted by Gasteiger charge is 2.34. The van der Waals surface area contributed by atoms with Crippen molar-refractivity contribution in [2.45, 2.75) is 12.5 Å². The van der Waals surface area contributed by atoms with Crippen LogP contribution in [0.15, 0.2) is 54.6 Å². The second kappa shape index (κ2) is 10.3. The molecule has 2 heterocycles. The maximum atomic E-state index is 13.7. The highest BCUT2D eigenvalue weighted by Crippen LogP contribution is 2.40. The van der Waals surface area contributed by atoms with Gasteiger partial charge in [0.05, 0.1) is 32.9 Å². The number of carbonyl (C=O) groups excluding carboxylic acids is 2. The molecule has 3 aromatic rings. The molecule has 1 amide bonds. The summed E-state index contributed by atoms with van der Waals surface area (Å²) in [4.78, 5) is 27.3. The summed E-state index contributed by atoms with van der Waals surface area (Å²) < 4.78 is 32.8. The molecule has 0 saturated carbocycles. The van der Waals surface area contributed by atoms with Crippen LogP contribution in [-0.2, 0) is 11.2 Å². The molecule has 0 N–H and O–H groups in total. The van der Waals surface area contributed by atoms with E-state index in [-0.39, 0.29) is 19.3 Å². The van der Waals surface area contributed by atoms with Crippen molar-refractivity contribution in [2.75, 3.05) is 41.3 Å². The van der Waals surface area contributed by atoms with Gasteiger partial charge < -0.3 is 33.3 Å². The lowest BCUT2D eigenvalue weighted by Crippen LogP contribution is -2.42. The zero-order chi connectivity index (χ0) is 25.9. The minimum Gasteiger partial charge on any atom is -0.493 e. The van der Waals surface area contributed by atoms with Crippen LogP contribution in [-0.4, -0.2) is 58.1 Å². The number of hydrogen-bond donors (Lipinski definition) is 0. The van der Waals surface area contributed by atoms with Crippen molar-refractivity contribution in [3.05, 3.63) is 76.9 Å². The minimum absolute atomic E-state index is 0.136. The van der Waals surface area contributed by atoms with Crippen molar-refractivity contribution >= 4 is 11.9 Å². The zero-order valence-corrected chi connectivity index (χ0v) is 20.8. The van der Waals surface area contributed by atoms with Crippen LogP contribution < -0.4 is 23.7 Å². The maximum Gasteiger partial charge on any atom is 0.337 e. The molecule has 192 valence electrons. The predicted octanol–water partition coefficient (Wildman–Crippen LogP) is 4.04. The van der Waals surface area contributed by atoms with Gasteiger partial charge in [0.2, 0.25) is 6.79 Å². The smallest absolute Gasteiger partial charge is 0.337 e. The molecule has 37 heavy (non-hydrogen) atoms. The van der Waals surface area contributed by atoms with E-state index in [1.54, 1.807) is 61.6 Å². The second-order valence-electron chi connectivity index (χ2n) is 8.57. The molecular weight excluding hydrogens is 478 g/mol. The number of amides is 1. The van der Waals surface area contributed by atoms with Crippen molar-refractivity contribution < 1.29 is 38.0 Å². The Labute approximate surface area is 214 Å². The van der Waals surface area contributed by atoms with E-state index in [9.17, 15) is 9.59 Å². The first-order valence-corrected chi connectivity index (χ1v) is 11.8. The molecule has 0 fully saturated rings. The number of hydrogen-bond acceptors (Lipinski definition) is 8. The number of rotatable bonds is 7. The Morgan fingerprint density at radius 1 is 0.892 bits per heavy atom. The number of nitrogens with zero attached hydrogens (tertiary/aromatic N) is 1. The largest absolute Gasteiger partial charge is 0.493 e. The number of esters is 1. The maximum absolute atomic E-state index is 13.7. The Morgan fingerprint density at radius 2 is 1.59 bits per heavy atom. The van der Waals surface area contributed by atoms with Crippen LogP contribution in [0.5, 0.6) is 28.7 Å². The fourth-order valence-corrected chi connectivity index (χ4v) is 4.63. The molecule has 3 aromatic carbocycles. The Hall–Kier alpha value is -4.40. The van der Waals surface area contributed by atoms with Gasteiger partial charge in [-0.25, -0.2) is 4.79 Å². The molecule has 0 saturated heterocycles. The van der Waals surface area contributed by atoms with Gasteiger partial charge in [-0.15, -0.1) is 0 Å². The third-order valence-corrected chi connectivity index (χ3v) is 6.57. The number of carbonyl (C=O) groups is 2. The van der Waals surface area contributed by atoms with E-state index in [2.05, 4.69) is 0 Å². The predicted molar refractivity (Wildman–Crippen MR) is 133 cm³/mol. The van der Waals surface area contributed by atoms with Gasteiger partial charge in [-0.05, 0) is 72.1 Å². The van der Waals surface area contributed by atoms with E-state index in [4.69, 9.17) is 28.4 Å². The molecule has 2 aliphatic rings. The van der Waals surface area contributed by atoms with Gasteiger partial charge in [-0.1, -0.05) is 0 Å². The molecule has 0 spiro atoms. The van der Waals surface area contributed by atoms with Crippen LogP contribution >= 0.6 is 0 Å². The molecule has 0 aromatic heterocycles. The first-order valence-electron chi connectivity index (χ1n) is 11.8. The lowest BCUT2D eigenvalue weighted by Gasteiger charge is -2.37. The first-order chi connectivity index (χ1) is 18.0. The van der Waals surface area contributed by atoms with Crippen LogP contribution in [0.4, 0.5) is 0 Å². The summed E-state index contributed by atoms with van der Waals surface area (Å²) in [5.41, 5.74) is 2.90. The Morgan fingerprint density at radius 3 is 2.32 bits per heavy atom. The van der Waals surface area contributed by atoms with Gasteiger partial charge >= 0.3 is 5.97 Å². The third-order valence-electron chi connectivity index (χ3n) is 6.57. The van der Waals surface area contributed by atoms with Gasteiger partial charge in [0.25, 0.3) is 5.91 Å². The van der Waals surface area contributed by atoms with Gasteiger partial charge in [-0.3, -0.25) is 4.79 Å². The average molecular weight is 506 g/mol. The molecular formula is C28H27NO8. The molecule has 9 nitrogen and oxygen atoms in total. The normalized spacial score (nSPS) is 15.5. The third kappa shape index (κ3) is 4.72. The van der Waals surface area contributed by atoms with E-state index in [1.165, 1.54) is 7.11 Å². The quantitative estimate of drug-likeness (QED) is 0.445. The molecule has 0 bridgehead atoms. The lowest BCUT2D eigenvalue weighted by molar-refractivity contribution is 0.0582. The van der Waals surface area contributed by atoms with Gasteiger partial charge in [0.15, 0.2) is 23.0 Å². The number of methoxy groups -OCH3 is 3. The topological polar surface area (TPSA) is 92.8 Å². The van der Waals surface area contributed by atoms with Crippen LogP contribution in [0.1, 0.15) is 37.9 Å². The van der Waals surface area contributed by atoms with Crippen LogP contribution in [0.25, 0.3) is 0 Å². The van der Waals surface area contributed by atoms with E-state index < -0.39 is 12.0 Å². The van der Waals surface area contributed by atoms with Crippen LogP contribution in [0, 0.1) is 0 Å². The molecule has 2 aliphatic heterocycles. The summed E-state index contributed by atoms with van der Waals surface area (Å²) in [6.45, 7) is 0.818. The highest BCUT2D eigenvalue weighted by atomic mass is 16.7. The molecule has 0 unspecified atom stereocenters. The van der Waals surface area contributed by atoms with E-state index in [1.807, 2.05) is 12.1 Å². The van der Waals surface area contributed by atoms with Gasteiger partial charge in [0, 0.05) is 12.1 Å². The van der Waals surface area contributed by atoms with Crippen molar-refractivity contribution in [1.29, 1.82) is 0 Å². The van der Waals surface area contributed by atoms with Crippen molar-refractivity contribution in [2.24, 2.45) is 0 Å². The lowest BCUT2D eigenvalue weighted by atomic mass is 9.91. The van der Waals surface area contributed by atoms with E-state index in [0.717, 1.165) is 11.1 Å². The average Bonchev–Trinajstić information content (AvgIpc) is 3.42. The number of ether oxygens (including phenoxy) is 6. The summed E-state index contributed by atoms with van der Waals surface area (Å²) in [6, 6.07) is 15.3. The zero-order valence-electron chi connectivity index (χ0n) is 20.8. The fourth-order valence-electron chi connectivity index (χ4n) is 4.63. The second-order valence-corrected chi connectivity index (χ2v) is 8.57. The number of fused-ring (bicyclic) bond motifs is 2. The van der Waals surface area contributed by atoms with Gasteiger partial charge in [-0.2, -0.15) is 0 Å². The summed E-state index contributed by atoms with van der Waals surface area (Å²) in [7, 11) is 4.51. The SMILES string of the molecule is COC(=O)c1ccc(OC[C@@H]2c3cc(OC)c(OC)cc3CCN2C(=O)c2ccc3c(c2)OCO3)cc1. The summed E-state index contributed by atoms with van der Waals surface area (Å²) >= 11 is 0. The van der Waals surface area contributed by atoms with Crippen LogP contribution in [0.3, 0.4) is 0 Å². The standard InChI is InChI=1S/C28H27NO8/c1-32-24-12-18-10-11-29(27(30)19-6-9-23-26(13-19)37-16-36-23)22(21(18)14-25(24)33-2)15-35-20-7-4-17(5-8-20)28(31)34-3/h4-9,12-14,22H,10-11,15-16H2,1-3H3/t22-/m1/s1. The number of benzene rings is 3. The molecule has 1 atom stereocenters. The van der Waals surface area contributed by atoms with Crippen molar-refractivity contribution in [3.8, 4) is 28.7 Å². The fraction of sp³-hybridized carbons (Fsp3) is 0.286. The summed E-state index contributed by atoms with van der Waals surface area (Å²) in [5, 5.41) is 0. The Kier molecular flexibility index (Phi) is 6.76. The van der Waals surface area contributed by atoms with Gasteiger partial charge in [0.1, 0.15) is 12.4 Å². The molecule has 5 rings (SSSR count). The minimum atomic E-state index is -0.422. The molecule has 0 aliphatic carbocycles. The van der Waals surface area contributed by atoms with E-state index >= 15 is 0 Å². The highest BCUT2D eigenvalue weighted by molar-refractivity contribution is 5.95. The molecule has 0 radical (unpaired) electrons. The van der Waals surface area contributed by atoms with Crippen molar-refractivity contribution in [1.82, 2.24) is 4.90 Å². The molecule has 9 heteroatoms. The van der Waals surface area contributed by atoms with Crippen molar-refractivity contribution in [3.63, 3.8) is 0 Å². The monoisotopic (exact) mass is 505 g/mol. The summed E-state index contributed by atoms with van der Waals surface area (Å²) in [5.74, 6) is 2.38. The van der Waals surface area contributed by atoms with E-state index in [0.29, 0.717) is 52.8 Å².